The summed E-state index contributed by atoms with van der Waals surface area (Å²) in [6.45, 7) is 12.4. The first-order valence-electron chi connectivity index (χ1n) is 35.6. The number of hydrogen-bond donors (Lipinski definition) is 10. The third-order valence-electron chi connectivity index (χ3n) is 14.2. The Morgan fingerprint density at radius 3 is 0.881 bits per heavy atom. The number of fused-ring (bicyclic) bond motifs is 3. The van der Waals surface area contributed by atoms with E-state index >= 15 is 0 Å². The zero-order chi connectivity index (χ0) is 81.5. The third-order valence-corrected chi connectivity index (χ3v) is 18.3. The summed E-state index contributed by atoms with van der Waals surface area (Å²) in [7, 11) is 0. The molecular formula is C94H92Ir5N5O10S4-5. The van der Waals surface area contributed by atoms with Crippen molar-refractivity contribution < 1.29 is 152 Å². The van der Waals surface area contributed by atoms with Crippen molar-refractivity contribution in [1.82, 2.24) is 24.9 Å². The van der Waals surface area contributed by atoms with E-state index in [9.17, 15) is 10.2 Å². The number of pyridine rings is 5. The first-order valence-corrected chi connectivity index (χ1v) is 39.0. The van der Waals surface area contributed by atoms with Crippen molar-refractivity contribution in [1.29, 1.82) is 0 Å². The van der Waals surface area contributed by atoms with Gasteiger partial charge in [-0.2, -0.15) is 12.1 Å². The van der Waals surface area contributed by atoms with Crippen LogP contribution in [-0.2, 0) is 101 Å². The summed E-state index contributed by atoms with van der Waals surface area (Å²) in [6, 6.07) is 98.9. The van der Waals surface area contributed by atoms with Crippen LogP contribution in [0.15, 0.2) is 345 Å². The van der Waals surface area contributed by atoms with Crippen LogP contribution in [0, 0.1) is 30.3 Å². The Labute approximate surface area is 775 Å². The smallest absolute Gasteiger partial charge is 0.121 e. The fraction of sp³-hybridized carbons (Fsp3) is 0.138. The van der Waals surface area contributed by atoms with E-state index in [0.717, 1.165) is 59.1 Å². The molecule has 5 radical (unpaired) electrons. The van der Waals surface area contributed by atoms with Gasteiger partial charge in [0, 0.05) is 154 Å². The van der Waals surface area contributed by atoms with E-state index in [1.807, 2.05) is 212 Å². The minimum Gasteiger partial charge on any atom is -0.513 e. The van der Waals surface area contributed by atoms with Crippen molar-refractivity contribution >= 4 is 81.4 Å². The standard InChI is InChI=1S/C15H14O2.3C13H8NS.C11H8N.C9H6NS.4C5H10O2.5Ir/c16-14(12-7-3-1-4-8-12)11-15(17)13-9-5-2-6-10-13;3*1-2-7-12-10(5-1)9-13(15-12)11-6-3-4-8-14-11;1-2-6-10(7-3-1)11-8-4-5-9-12-11;1-2-6-10-8(4-1)9-5-3-7-11-9;4*1-4(6)3-5(2)7;;;;;/h1-11,14,16-17H;3*1-8H;1-6,8-9H;1-4,6-7H;4*3-4,6-7H,1-2H3;;;;;/q;5*-1;;;;;;;;;. The van der Waals surface area contributed by atoms with Crippen LogP contribution in [0.3, 0.4) is 0 Å². The van der Waals surface area contributed by atoms with Crippen LogP contribution in [0.2, 0.25) is 0 Å². The molecule has 627 valence electrons. The molecule has 0 aliphatic rings. The first-order chi connectivity index (χ1) is 54.5. The molecule has 5 atom stereocenters. The Morgan fingerprint density at radius 2 is 0.610 bits per heavy atom. The van der Waals surface area contributed by atoms with Crippen LogP contribution in [0.5, 0.6) is 0 Å². The van der Waals surface area contributed by atoms with Gasteiger partial charge in [-0.15, -0.1) is 112 Å². The molecule has 10 N–H and O–H groups in total. The minimum absolute atomic E-state index is 0. The number of rotatable bonds is 12. The van der Waals surface area contributed by atoms with Crippen LogP contribution in [-0.4, -0.2) is 100 Å². The molecule has 0 spiro atoms. The maximum atomic E-state index is 9.92. The number of thiophene rings is 4. The topological polar surface area (TPSA) is 267 Å². The third kappa shape index (κ3) is 43.4. The van der Waals surface area contributed by atoms with E-state index in [4.69, 9.17) is 40.9 Å². The zero-order valence-electron chi connectivity index (χ0n) is 65.5. The predicted molar refractivity (Wildman–Crippen MR) is 467 cm³/mol. The van der Waals surface area contributed by atoms with Gasteiger partial charge in [0.25, 0.3) is 0 Å². The van der Waals surface area contributed by atoms with E-state index in [1.165, 1.54) is 88.3 Å². The summed E-state index contributed by atoms with van der Waals surface area (Å²) in [5.41, 5.74) is 7.47. The Balaban J connectivity index is 0.000000663. The molecule has 5 unspecified atom stereocenters. The number of allylic oxidation sites excluding steroid dienone is 4. The summed E-state index contributed by atoms with van der Waals surface area (Å²) in [4.78, 5) is 25.8. The summed E-state index contributed by atoms with van der Waals surface area (Å²) < 4.78 is 3.79. The second-order valence-electron chi connectivity index (χ2n) is 24.4. The fourth-order valence-electron chi connectivity index (χ4n) is 9.54. The molecule has 9 heterocycles. The molecule has 24 heteroatoms. The van der Waals surface area contributed by atoms with E-state index in [2.05, 4.69) is 110 Å². The first kappa shape index (κ1) is 107. The zero-order valence-corrected chi connectivity index (χ0v) is 80.7. The van der Waals surface area contributed by atoms with Crippen molar-refractivity contribution in [3.8, 4) is 53.5 Å². The van der Waals surface area contributed by atoms with Crippen LogP contribution in [0.1, 0.15) is 72.6 Å². The molecule has 0 bridgehead atoms. The maximum Gasteiger partial charge on any atom is 0.121 e. The average molecular weight is 2540 g/mol. The van der Waals surface area contributed by atoms with Crippen LogP contribution >= 0.6 is 45.3 Å². The molecule has 6 aromatic carbocycles. The summed E-state index contributed by atoms with van der Waals surface area (Å²) in [6.07, 6.45) is 13.0. The number of aliphatic hydroxyl groups excluding tert-OH is 10. The van der Waals surface area contributed by atoms with Crippen LogP contribution < -0.4 is 0 Å². The molecule has 9 aromatic heterocycles. The van der Waals surface area contributed by atoms with Gasteiger partial charge in [-0.1, -0.05) is 163 Å². The number of aromatic nitrogens is 5. The molecule has 15 rings (SSSR count). The van der Waals surface area contributed by atoms with Crippen LogP contribution in [0.4, 0.5) is 0 Å². The van der Waals surface area contributed by atoms with Gasteiger partial charge in [0.2, 0.25) is 0 Å². The number of benzene rings is 6. The van der Waals surface area contributed by atoms with Gasteiger partial charge in [-0.25, -0.2) is 45.3 Å². The number of nitrogens with zero attached hydrogens (tertiary/aromatic N) is 5. The molecule has 0 fully saturated rings. The molecule has 0 aliphatic carbocycles. The van der Waals surface area contributed by atoms with Gasteiger partial charge in [0.15, 0.2) is 0 Å². The van der Waals surface area contributed by atoms with E-state index < -0.39 is 30.5 Å². The molecule has 0 amide bonds. The minimum atomic E-state index is -0.795. The quantitative estimate of drug-likeness (QED) is 0.0403. The van der Waals surface area contributed by atoms with Crippen LogP contribution in [0.25, 0.3) is 89.6 Å². The van der Waals surface area contributed by atoms with E-state index in [-0.39, 0.29) is 129 Å². The normalized spacial score (nSPS) is 11.9. The van der Waals surface area contributed by atoms with Crippen molar-refractivity contribution in [2.45, 2.75) is 85.9 Å². The van der Waals surface area contributed by atoms with Gasteiger partial charge in [0.05, 0.1) is 47.5 Å². The second-order valence-corrected chi connectivity index (χ2v) is 28.4. The molecule has 15 nitrogen and oxygen atoms in total. The van der Waals surface area contributed by atoms with E-state index in [0.29, 0.717) is 5.56 Å². The SMILES string of the molecule is CC(O)=CC(C)O.CC(O)=CC(C)O.CC(O)=CC(C)O.CC(O)=CC(C)O.OC(=CC(O)c1ccccc1)c1ccccc1.[Ir].[Ir].[Ir].[Ir].[Ir].[c-]1c(-c2ccccn2)sc2ccccc12.[c-]1c(-c2ccccn2)sc2ccccc12.[c-]1c(-c2ccccn2)sc2ccccc12.[c-]1ccccc1-c1ccccn1.[c-]1ccsc1-c1ccccn1. The van der Waals surface area contributed by atoms with Crippen molar-refractivity contribution in [2.75, 3.05) is 0 Å². The van der Waals surface area contributed by atoms with Crippen molar-refractivity contribution in [3.05, 3.63) is 386 Å². The van der Waals surface area contributed by atoms with Gasteiger partial charge in [0.1, 0.15) is 11.9 Å². The molecule has 15 aromatic rings. The maximum absolute atomic E-state index is 9.92. The second kappa shape index (κ2) is 61.7. The molecule has 118 heavy (non-hydrogen) atoms. The Hall–Kier alpha value is -8.60. The molecule has 0 saturated carbocycles. The predicted octanol–water partition coefficient (Wildman–Crippen LogP) is 23.1. The summed E-state index contributed by atoms with van der Waals surface area (Å²) >= 11 is 6.85. The largest absolute Gasteiger partial charge is 0.513 e. The molecular weight excluding hydrogens is 2450 g/mol. The molecule has 0 aliphatic heterocycles. The number of aliphatic hydroxyl groups is 10. The molecule has 0 saturated heterocycles. The van der Waals surface area contributed by atoms with Gasteiger partial charge < -0.3 is 76.0 Å². The Kier molecular flexibility index (Phi) is 56.1. The average Bonchev–Trinajstić information content (AvgIpc) is 1.69. The van der Waals surface area contributed by atoms with Crippen molar-refractivity contribution in [2.24, 2.45) is 0 Å². The Morgan fingerprint density at radius 1 is 0.314 bits per heavy atom. The monoisotopic (exact) mass is 2540 g/mol. The van der Waals surface area contributed by atoms with E-state index in [1.54, 1.807) is 97.6 Å². The summed E-state index contributed by atoms with van der Waals surface area (Å²) in [5, 5.41) is 92.9. The number of hydrogen-bond acceptors (Lipinski definition) is 19. The van der Waals surface area contributed by atoms with Gasteiger partial charge in [-0.3, -0.25) is 0 Å². The summed E-state index contributed by atoms with van der Waals surface area (Å²) in [5.74, 6) is 0.733. The van der Waals surface area contributed by atoms with Gasteiger partial charge in [-0.05, 0) is 162 Å². The Bertz CT molecular complexity index is 4750. The van der Waals surface area contributed by atoms with Gasteiger partial charge >= 0.3 is 0 Å². The van der Waals surface area contributed by atoms with Crippen molar-refractivity contribution in [3.63, 3.8) is 0 Å². The fourth-order valence-corrected chi connectivity index (χ4v) is 13.1.